The van der Waals surface area contributed by atoms with Gasteiger partial charge in [0, 0.05) is 7.11 Å². The van der Waals surface area contributed by atoms with E-state index >= 15 is 0 Å². The molecule has 1 atom stereocenters. The first-order valence-corrected chi connectivity index (χ1v) is 1.94. The zero-order chi connectivity index (χ0) is 5.11. The van der Waals surface area contributed by atoms with Gasteiger partial charge in [0.2, 0.25) is 0 Å². The summed E-state index contributed by atoms with van der Waals surface area (Å²) >= 11 is 0. The van der Waals surface area contributed by atoms with Crippen molar-refractivity contribution in [3.05, 3.63) is 12.5 Å². The van der Waals surface area contributed by atoms with Gasteiger partial charge in [-0.25, -0.2) is 0 Å². The van der Waals surface area contributed by atoms with Crippen molar-refractivity contribution in [2.75, 3.05) is 7.11 Å². The molecule has 0 aromatic carbocycles. The summed E-state index contributed by atoms with van der Waals surface area (Å²) in [6, 6.07) is 0. The summed E-state index contributed by atoms with van der Waals surface area (Å²) in [6.07, 6.45) is 3.71. The third-order valence-corrected chi connectivity index (χ3v) is 0.666. The second-order valence-electron chi connectivity index (χ2n) is 1.11. The van der Waals surface area contributed by atoms with E-state index in [9.17, 15) is 0 Å². The molecule has 3 nitrogen and oxygen atoms in total. The zero-order valence-electron chi connectivity index (χ0n) is 3.97. The van der Waals surface area contributed by atoms with Gasteiger partial charge >= 0.3 is 0 Å². The Morgan fingerprint density at radius 2 is 2.86 bits per heavy atom. The van der Waals surface area contributed by atoms with Crippen LogP contribution >= 0.6 is 0 Å². The van der Waals surface area contributed by atoms with Crippen molar-refractivity contribution in [2.45, 2.75) is 6.41 Å². The summed E-state index contributed by atoms with van der Waals surface area (Å²) in [5, 5.41) is 2.66. The van der Waals surface area contributed by atoms with Gasteiger partial charge in [0.25, 0.3) is 6.41 Å². The highest BCUT2D eigenvalue weighted by molar-refractivity contribution is 4.67. The van der Waals surface area contributed by atoms with E-state index in [0.29, 0.717) is 0 Å². The fraction of sp³-hybridized carbons (Fsp3) is 0.500. The average Bonchev–Trinajstić information content (AvgIpc) is 2.14. The van der Waals surface area contributed by atoms with Crippen molar-refractivity contribution in [3.63, 3.8) is 0 Å². The van der Waals surface area contributed by atoms with Gasteiger partial charge in [-0.15, -0.1) is 0 Å². The van der Waals surface area contributed by atoms with Gasteiger partial charge in [-0.05, 0) is 0 Å². The molecule has 0 amide bonds. The smallest absolute Gasteiger partial charge is 0.280 e. The van der Waals surface area contributed by atoms with E-state index in [4.69, 9.17) is 4.74 Å². The Morgan fingerprint density at radius 1 is 2.00 bits per heavy atom. The molecule has 0 aromatic rings. The predicted molar refractivity (Wildman–Crippen MR) is 22.8 cm³/mol. The highest BCUT2D eigenvalue weighted by atomic mass is 16.7. The molecular weight excluding hydrogens is 94.0 g/mol. The molecule has 1 N–H and O–H groups in total. The maximum Gasteiger partial charge on any atom is 0.280 e. The summed E-state index contributed by atoms with van der Waals surface area (Å²) in [6.45, 7) is 0. The molecule has 0 fully saturated rings. The van der Waals surface area contributed by atoms with E-state index in [0.717, 1.165) is 0 Å². The van der Waals surface area contributed by atoms with Crippen LogP contribution in [0.2, 0.25) is 0 Å². The molecular formula is C4H6NO2. The van der Waals surface area contributed by atoms with Gasteiger partial charge in [-0.3, -0.25) is 0 Å². The standard InChI is InChI=1S/C4H6NO2/c1-6-4-5-2-3-7-4/h3-5H,1H3. The Hall–Kier alpha value is -0.700. The largest absolute Gasteiger partial charge is 0.452 e. The summed E-state index contributed by atoms with van der Waals surface area (Å²) in [5.41, 5.74) is 0. The molecule has 7 heavy (non-hydrogen) atoms. The van der Waals surface area contributed by atoms with Gasteiger partial charge in [-0.2, -0.15) is 0 Å². The molecule has 0 saturated heterocycles. The van der Waals surface area contributed by atoms with Crippen LogP contribution in [0.15, 0.2) is 6.26 Å². The molecule has 0 bridgehead atoms. The van der Waals surface area contributed by atoms with E-state index in [1.807, 2.05) is 0 Å². The van der Waals surface area contributed by atoms with Crippen molar-refractivity contribution in [2.24, 2.45) is 0 Å². The van der Waals surface area contributed by atoms with Crippen LogP contribution in [0, 0.1) is 6.20 Å². The quantitative estimate of drug-likeness (QED) is 0.495. The fourth-order valence-corrected chi connectivity index (χ4v) is 0.346. The molecule has 0 saturated carbocycles. The molecule has 1 rings (SSSR count). The molecule has 1 radical (unpaired) electrons. The van der Waals surface area contributed by atoms with Crippen LogP contribution in [-0.4, -0.2) is 13.5 Å². The molecule has 1 aliphatic rings. The van der Waals surface area contributed by atoms with E-state index in [1.54, 1.807) is 7.11 Å². The fourth-order valence-electron chi connectivity index (χ4n) is 0.346. The molecule has 0 aromatic heterocycles. The number of hydrogen-bond donors (Lipinski definition) is 1. The Kier molecular flexibility index (Phi) is 1.17. The van der Waals surface area contributed by atoms with E-state index in [-0.39, 0.29) is 6.41 Å². The summed E-state index contributed by atoms with van der Waals surface area (Å²) < 4.78 is 9.42. The molecule has 0 aliphatic carbocycles. The van der Waals surface area contributed by atoms with E-state index in [2.05, 4.69) is 16.3 Å². The lowest BCUT2D eigenvalue weighted by molar-refractivity contribution is -0.0815. The van der Waals surface area contributed by atoms with E-state index in [1.165, 1.54) is 6.26 Å². The first-order valence-electron chi connectivity index (χ1n) is 1.94. The van der Waals surface area contributed by atoms with Crippen LogP contribution in [0.5, 0.6) is 0 Å². The normalized spacial score (nSPS) is 26.7. The maximum absolute atomic E-state index is 4.73. The molecule has 1 unspecified atom stereocenters. The maximum atomic E-state index is 4.73. The number of hydrogen-bond acceptors (Lipinski definition) is 3. The Bertz CT molecular complexity index is 73.8. The first kappa shape index (κ1) is 4.46. The number of methoxy groups -OCH3 is 1. The third kappa shape index (κ3) is 0.838. The van der Waals surface area contributed by atoms with Gasteiger partial charge < -0.3 is 14.8 Å². The lowest BCUT2D eigenvalue weighted by atomic mass is 11.0. The van der Waals surface area contributed by atoms with Crippen molar-refractivity contribution in [3.8, 4) is 0 Å². The van der Waals surface area contributed by atoms with Crippen molar-refractivity contribution >= 4 is 0 Å². The minimum atomic E-state index is -0.319. The van der Waals surface area contributed by atoms with Crippen LogP contribution in [0.3, 0.4) is 0 Å². The monoisotopic (exact) mass is 100 g/mol. The van der Waals surface area contributed by atoms with E-state index < -0.39 is 0 Å². The van der Waals surface area contributed by atoms with Crippen molar-refractivity contribution < 1.29 is 9.47 Å². The summed E-state index contributed by atoms with van der Waals surface area (Å²) in [5.74, 6) is 0. The lowest BCUT2D eigenvalue weighted by Crippen LogP contribution is -2.22. The molecule has 39 valence electrons. The predicted octanol–water partition coefficient (Wildman–Crippen LogP) is -0.189. The second-order valence-corrected chi connectivity index (χ2v) is 1.11. The highest BCUT2D eigenvalue weighted by Crippen LogP contribution is 1.93. The van der Waals surface area contributed by atoms with Crippen LogP contribution in [0.4, 0.5) is 0 Å². The SMILES string of the molecule is COC1N[C]=CO1. The average molecular weight is 100 g/mol. The van der Waals surface area contributed by atoms with Gasteiger partial charge in [0.1, 0.15) is 12.5 Å². The van der Waals surface area contributed by atoms with Crippen molar-refractivity contribution in [1.82, 2.24) is 5.32 Å². The van der Waals surface area contributed by atoms with Crippen molar-refractivity contribution in [1.29, 1.82) is 0 Å². The lowest BCUT2D eigenvalue weighted by Gasteiger charge is -2.05. The van der Waals surface area contributed by atoms with Crippen LogP contribution in [0.25, 0.3) is 0 Å². The number of rotatable bonds is 1. The Balaban J connectivity index is 2.22. The van der Waals surface area contributed by atoms with Crippen LogP contribution < -0.4 is 5.32 Å². The summed E-state index contributed by atoms with van der Waals surface area (Å²) in [4.78, 5) is 0. The summed E-state index contributed by atoms with van der Waals surface area (Å²) in [7, 11) is 1.55. The minimum absolute atomic E-state index is 0.319. The van der Waals surface area contributed by atoms with Crippen LogP contribution in [0.1, 0.15) is 0 Å². The molecule has 1 heterocycles. The number of nitrogens with one attached hydrogen (secondary N) is 1. The third-order valence-electron chi connectivity index (χ3n) is 0.666. The first-order chi connectivity index (χ1) is 3.43. The van der Waals surface area contributed by atoms with Gasteiger partial charge in [0.05, 0.1) is 0 Å². The molecule has 3 heteroatoms. The zero-order valence-corrected chi connectivity index (χ0v) is 3.97. The van der Waals surface area contributed by atoms with Gasteiger partial charge in [0.15, 0.2) is 0 Å². The Labute approximate surface area is 41.9 Å². The topological polar surface area (TPSA) is 30.5 Å². The highest BCUT2D eigenvalue weighted by Gasteiger charge is 2.05. The molecule has 0 spiro atoms. The number of ether oxygens (including phenoxy) is 2. The Morgan fingerprint density at radius 3 is 3.14 bits per heavy atom. The minimum Gasteiger partial charge on any atom is -0.452 e. The second kappa shape index (κ2) is 1.84. The molecule has 1 aliphatic heterocycles. The van der Waals surface area contributed by atoms with Gasteiger partial charge in [-0.1, -0.05) is 0 Å². The van der Waals surface area contributed by atoms with Crippen LogP contribution in [-0.2, 0) is 9.47 Å².